The lowest BCUT2D eigenvalue weighted by Gasteiger charge is -2.05. The lowest BCUT2D eigenvalue weighted by atomic mass is 10.2. The normalized spacial score (nSPS) is 10.4. The summed E-state index contributed by atoms with van der Waals surface area (Å²) in [6.45, 7) is 3.51. The van der Waals surface area contributed by atoms with E-state index in [0.29, 0.717) is 16.4 Å². The van der Waals surface area contributed by atoms with E-state index in [4.69, 9.17) is 11.6 Å². The Morgan fingerprint density at radius 2 is 1.75 bits per heavy atom. The van der Waals surface area contributed by atoms with Gasteiger partial charge >= 0.3 is 0 Å². The van der Waals surface area contributed by atoms with E-state index in [1.54, 1.807) is 48.5 Å². The van der Waals surface area contributed by atoms with Crippen LogP contribution < -0.4 is 10.6 Å². The van der Waals surface area contributed by atoms with Crippen molar-refractivity contribution in [2.75, 3.05) is 10.6 Å². The molecule has 2 N–H and O–H groups in total. The zero-order chi connectivity index (χ0) is 17.5. The summed E-state index contributed by atoms with van der Waals surface area (Å²) in [5.41, 5.74) is 2.05. The highest BCUT2D eigenvalue weighted by atomic mass is 79.9. The minimum Gasteiger partial charge on any atom is -0.323 e. The molecule has 4 nitrogen and oxygen atoms in total. The first-order valence-electron chi connectivity index (χ1n) is 6.94. The highest BCUT2D eigenvalue weighted by Gasteiger charge is 2.04. The van der Waals surface area contributed by atoms with Gasteiger partial charge in [-0.25, -0.2) is 0 Å². The summed E-state index contributed by atoms with van der Waals surface area (Å²) in [7, 11) is 0. The average Bonchev–Trinajstić information content (AvgIpc) is 2.55. The Hall–Kier alpha value is -2.37. The van der Waals surface area contributed by atoms with Crippen molar-refractivity contribution >= 4 is 56.8 Å². The van der Waals surface area contributed by atoms with Crippen molar-refractivity contribution in [2.24, 2.45) is 0 Å². The quantitative estimate of drug-likeness (QED) is 0.699. The van der Waals surface area contributed by atoms with Crippen LogP contribution in [0.25, 0.3) is 6.08 Å². The minimum atomic E-state index is -0.323. The fourth-order valence-corrected chi connectivity index (χ4v) is 2.03. The van der Waals surface area contributed by atoms with Crippen molar-refractivity contribution in [3.05, 3.63) is 76.3 Å². The molecule has 0 aliphatic rings. The van der Waals surface area contributed by atoms with Gasteiger partial charge in [-0.05, 0) is 64.0 Å². The first kappa shape index (κ1) is 18.0. The second-order valence-electron chi connectivity index (χ2n) is 4.81. The van der Waals surface area contributed by atoms with Gasteiger partial charge in [0.2, 0.25) is 5.91 Å². The number of hydrogen-bond donors (Lipinski definition) is 2. The van der Waals surface area contributed by atoms with Gasteiger partial charge < -0.3 is 10.6 Å². The molecule has 2 aromatic rings. The molecular formula is C18H14BrClN2O2. The van der Waals surface area contributed by atoms with Gasteiger partial charge in [0.1, 0.15) is 0 Å². The number of anilines is 2. The van der Waals surface area contributed by atoms with Crippen LogP contribution >= 0.6 is 27.5 Å². The van der Waals surface area contributed by atoms with Crippen LogP contribution in [0, 0.1) is 0 Å². The Balaban J connectivity index is 2.00. The second-order valence-corrected chi connectivity index (χ2v) is 6.21. The molecule has 6 heteroatoms. The van der Waals surface area contributed by atoms with E-state index < -0.39 is 0 Å². The molecule has 0 radical (unpaired) electrons. The van der Waals surface area contributed by atoms with E-state index in [0.717, 1.165) is 5.56 Å². The van der Waals surface area contributed by atoms with Crippen molar-refractivity contribution in [1.82, 2.24) is 0 Å². The molecule has 24 heavy (non-hydrogen) atoms. The van der Waals surface area contributed by atoms with Crippen molar-refractivity contribution < 1.29 is 9.59 Å². The van der Waals surface area contributed by atoms with Crippen LogP contribution in [0.4, 0.5) is 11.4 Å². The van der Waals surface area contributed by atoms with Crippen LogP contribution in [0.15, 0.2) is 65.7 Å². The standard InChI is InChI=1S/C18H14BrClN2O2/c1-12(19)18(24)22-16-4-2-3-13(11-16)5-10-17(23)21-15-8-6-14(20)7-9-15/h2-11H,1H2,(H,21,23)(H,22,24)/b10-5+. The molecule has 0 bridgehead atoms. The molecule has 0 aliphatic carbocycles. The maximum atomic E-state index is 11.9. The zero-order valence-electron chi connectivity index (χ0n) is 12.6. The molecule has 0 heterocycles. The summed E-state index contributed by atoms with van der Waals surface area (Å²) >= 11 is 8.81. The molecule has 2 rings (SSSR count). The van der Waals surface area contributed by atoms with Gasteiger partial charge in [-0.2, -0.15) is 0 Å². The summed E-state index contributed by atoms with van der Waals surface area (Å²) in [6, 6.07) is 13.9. The number of nitrogens with one attached hydrogen (secondary N) is 2. The zero-order valence-corrected chi connectivity index (χ0v) is 14.9. The number of carbonyl (C=O) groups excluding carboxylic acids is 2. The second kappa shape index (κ2) is 8.47. The van der Waals surface area contributed by atoms with Crippen LogP contribution in [-0.4, -0.2) is 11.8 Å². The van der Waals surface area contributed by atoms with E-state index in [9.17, 15) is 9.59 Å². The van der Waals surface area contributed by atoms with Gasteiger partial charge in [-0.3, -0.25) is 9.59 Å². The summed E-state index contributed by atoms with van der Waals surface area (Å²) in [4.78, 5) is 23.5. The summed E-state index contributed by atoms with van der Waals surface area (Å²) in [5, 5.41) is 6.02. The Kier molecular flexibility index (Phi) is 6.35. The number of amides is 2. The molecule has 2 amide bonds. The molecule has 0 aliphatic heterocycles. The molecule has 2 aromatic carbocycles. The molecule has 122 valence electrons. The minimum absolute atomic E-state index is 0.241. The Labute approximate surface area is 153 Å². The average molecular weight is 406 g/mol. The fourth-order valence-electron chi connectivity index (χ4n) is 1.81. The van der Waals surface area contributed by atoms with Gasteiger partial charge in [-0.15, -0.1) is 0 Å². The topological polar surface area (TPSA) is 58.2 Å². The van der Waals surface area contributed by atoms with Crippen molar-refractivity contribution in [2.45, 2.75) is 0 Å². The molecule has 0 atom stereocenters. The number of benzene rings is 2. The van der Waals surface area contributed by atoms with Crippen molar-refractivity contribution in [1.29, 1.82) is 0 Å². The highest BCUT2D eigenvalue weighted by Crippen LogP contribution is 2.15. The van der Waals surface area contributed by atoms with E-state index in [1.165, 1.54) is 6.08 Å². The SMILES string of the molecule is C=C(Br)C(=O)Nc1cccc(/C=C/C(=O)Nc2ccc(Cl)cc2)c1. The smallest absolute Gasteiger partial charge is 0.262 e. The lowest BCUT2D eigenvalue weighted by molar-refractivity contribution is -0.112. The molecule has 0 fully saturated rings. The van der Waals surface area contributed by atoms with Gasteiger partial charge in [-0.1, -0.05) is 30.3 Å². The lowest BCUT2D eigenvalue weighted by Crippen LogP contribution is -2.10. The van der Waals surface area contributed by atoms with Gasteiger partial charge in [0.15, 0.2) is 0 Å². The third-order valence-corrected chi connectivity index (χ3v) is 3.54. The predicted octanol–water partition coefficient (Wildman–Crippen LogP) is 4.84. The molecule has 0 spiro atoms. The van der Waals surface area contributed by atoms with Crippen LogP contribution in [-0.2, 0) is 9.59 Å². The van der Waals surface area contributed by atoms with Gasteiger partial charge in [0.25, 0.3) is 5.91 Å². The Morgan fingerprint density at radius 1 is 1.04 bits per heavy atom. The third-order valence-electron chi connectivity index (χ3n) is 2.93. The van der Waals surface area contributed by atoms with Gasteiger partial charge in [0, 0.05) is 22.5 Å². The van der Waals surface area contributed by atoms with Crippen LogP contribution in [0.2, 0.25) is 5.02 Å². The Bertz CT molecular complexity index is 801. The van der Waals surface area contributed by atoms with Crippen molar-refractivity contribution in [3.63, 3.8) is 0 Å². The molecule has 0 saturated carbocycles. The number of halogens is 2. The molecular weight excluding hydrogens is 392 g/mol. The van der Waals surface area contributed by atoms with Crippen LogP contribution in [0.5, 0.6) is 0 Å². The van der Waals surface area contributed by atoms with E-state index in [-0.39, 0.29) is 16.3 Å². The van der Waals surface area contributed by atoms with E-state index in [1.807, 2.05) is 6.07 Å². The first-order valence-corrected chi connectivity index (χ1v) is 8.11. The number of carbonyl (C=O) groups is 2. The fraction of sp³-hybridized carbons (Fsp3) is 0. The summed E-state index contributed by atoms with van der Waals surface area (Å²) in [5.74, 6) is -0.586. The maximum absolute atomic E-state index is 11.9. The van der Waals surface area contributed by atoms with Crippen molar-refractivity contribution in [3.8, 4) is 0 Å². The van der Waals surface area contributed by atoms with Crippen LogP contribution in [0.1, 0.15) is 5.56 Å². The number of hydrogen-bond acceptors (Lipinski definition) is 2. The first-order chi connectivity index (χ1) is 11.4. The molecule has 0 aromatic heterocycles. The summed E-state index contributed by atoms with van der Waals surface area (Å²) < 4.78 is 0.241. The molecule has 0 saturated heterocycles. The predicted molar refractivity (Wildman–Crippen MR) is 102 cm³/mol. The van der Waals surface area contributed by atoms with E-state index in [2.05, 4.69) is 33.1 Å². The monoisotopic (exact) mass is 404 g/mol. The molecule has 0 unspecified atom stereocenters. The maximum Gasteiger partial charge on any atom is 0.262 e. The van der Waals surface area contributed by atoms with Gasteiger partial charge in [0.05, 0.1) is 4.48 Å². The number of rotatable bonds is 5. The highest BCUT2D eigenvalue weighted by molar-refractivity contribution is 9.12. The largest absolute Gasteiger partial charge is 0.323 e. The Morgan fingerprint density at radius 3 is 2.42 bits per heavy atom. The van der Waals surface area contributed by atoms with Crippen LogP contribution in [0.3, 0.4) is 0 Å². The van der Waals surface area contributed by atoms with E-state index >= 15 is 0 Å². The summed E-state index contributed by atoms with van der Waals surface area (Å²) in [6.07, 6.45) is 3.07. The third kappa shape index (κ3) is 5.68.